The van der Waals surface area contributed by atoms with Crippen LogP contribution in [-0.4, -0.2) is 29.8 Å². The lowest BCUT2D eigenvalue weighted by Crippen LogP contribution is -2.33. The monoisotopic (exact) mass is 385 g/mol. The summed E-state index contributed by atoms with van der Waals surface area (Å²) in [7, 11) is -3.76. The molecule has 2 rings (SSSR count). The molecular formula is C14H16ClN5O2S2. The van der Waals surface area contributed by atoms with E-state index in [0.29, 0.717) is 10.8 Å². The van der Waals surface area contributed by atoms with E-state index in [-0.39, 0.29) is 21.9 Å². The predicted molar refractivity (Wildman–Crippen MR) is 98.8 cm³/mol. The minimum Gasteiger partial charge on any atom is -0.360 e. The van der Waals surface area contributed by atoms with Gasteiger partial charge in [-0.2, -0.15) is 0 Å². The third kappa shape index (κ3) is 5.29. The molecule has 0 bridgehead atoms. The summed E-state index contributed by atoms with van der Waals surface area (Å²) >= 11 is 10.8. The Kier molecular flexibility index (Phi) is 5.92. The molecular weight excluding hydrogens is 370 g/mol. The lowest BCUT2D eigenvalue weighted by molar-refractivity contribution is 0.601. The fourth-order valence-electron chi connectivity index (χ4n) is 1.71. The van der Waals surface area contributed by atoms with Gasteiger partial charge in [-0.05, 0) is 62.5 Å². The Morgan fingerprint density at radius 1 is 1.12 bits per heavy atom. The number of sulfonamides is 1. The van der Waals surface area contributed by atoms with Crippen LogP contribution in [0.1, 0.15) is 13.8 Å². The van der Waals surface area contributed by atoms with Crippen LogP contribution in [0.4, 0.5) is 11.5 Å². The smallest absolute Gasteiger partial charge is 0.263 e. The van der Waals surface area contributed by atoms with Crippen LogP contribution in [0.2, 0.25) is 5.15 Å². The van der Waals surface area contributed by atoms with Crippen molar-refractivity contribution in [2.24, 2.45) is 0 Å². The van der Waals surface area contributed by atoms with Crippen LogP contribution in [0.25, 0.3) is 0 Å². The van der Waals surface area contributed by atoms with E-state index in [9.17, 15) is 8.42 Å². The molecule has 0 amide bonds. The highest BCUT2D eigenvalue weighted by molar-refractivity contribution is 7.92. The van der Waals surface area contributed by atoms with E-state index in [1.165, 1.54) is 24.3 Å². The first-order valence-electron chi connectivity index (χ1n) is 6.96. The molecule has 1 heterocycles. The number of rotatable bonds is 5. The van der Waals surface area contributed by atoms with Gasteiger partial charge in [0.1, 0.15) is 0 Å². The number of hydrogen-bond donors (Lipinski definition) is 3. The fourth-order valence-corrected chi connectivity index (χ4v) is 3.16. The van der Waals surface area contributed by atoms with E-state index in [4.69, 9.17) is 23.8 Å². The first-order valence-corrected chi connectivity index (χ1v) is 9.23. The number of thiocarbonyl (C=S) groups is 1. The highest BCUT2D eigenvalue weighted by Crippen LogP contribution is 2.17. The summed E-state index contributed by atoms with van der Waals surface area (Å²) in [5, 5.41) is 13.9. The first kappa shape index (κ1) is 18.4. The molecule has 0 spiro atoms. The van der Waals surface area contributed by atoms with Crippen LogP contribution >= 0.6 is 23.8 Å². The molecule has 0 aliphatic rings. The zero-order valence-electron chi connectivity index (χ0n) is 12.9. The maximum absolute atomic E-state index is 12.3. The fraction of sp³-hybridized carbons (Fsp3) is 0.214. The summed E-state index contributed by atoms with van der Waals surface area (Å²) in [5.41, 5.74) is 0.679. The minimum atomic E-state index is -3.76. The molecule has 128 valence electrons. The average molecular weight is 386 g/mol. The highest BCUT2D eigenvalue weighted by atomic mass is 35.5. The normalized spacial score (nSPS) is 11.2. The zero-order chi connectivity index (χ0) is 17.7. The molecule has 1 aromatic carbocycles. The van der Waals surface area contributed by atoms with Crippen LogP contribution in [0.15, 0.2) is 41.3 Å². The van der Waals surface area contributed by atoms with Gasteiger partial charge in [0.15, 0.2) is 16.1 Å². The standard InChI is InChI=1S/C14H16ClN5O2S2/c1-9(2)16-14(23)17-10-3-5-11(6-4-10)24(21,22)20-13-8-7-12(15)18-19-13/h3-9H,1-2H3,(H,19,20)(H2,16,17,23). The Morgan fingerprint density at radius 2 is 1.79 bits per heavy atom. The van der Waals surface area contributed by atoms with Crippen LogP contribution in [0, 0.1) is 0 Å². The maximum atomic E-state index is 12.3. The third-order valence-electron chi connectivity index (χ3n) is 2.71. The molecule has 0 aliphatic carbocycles. The number of hydrogen-bond acceptors (Lipinski definition) is 5. The maximum Gasteiger partial charge on any atom is 0.263 e. The van der Waals surface area contributed by atoms with Gasteiger partial charge in [-0.1, -0.05) is 11.6 Å². The summed E-state index contributed by atoms with van der Waals surface area (Å²) in [4.78, 5) is 0.0903. The number of aromatic nitrogens is 2. The van der Waals surface area contributed by atoms with Gasteiger partial charge in [0, 0.05) is 11.7 Å². The van der Waals surface area contributed by atoms with Crippen LogP contribution in [0.3, 0.4) is 0 Å². The van der Waals surface area contributed by atoms with Gasteiger partial charge in [0.25, 0.3) is 10.0 Å². The molecule has 0 unspecified atom stereocenters. The third-order valence-corrected chi connectivity index (χ3v) is 4.51. The van der Waals surface area contributed by atoms with E-state index in [1.807, 2.05) is 13.8 Å². The lowest BCUT2D eigenvalue weighted by atomic mass is 10.3. The van der Waals surface area contributed by atoms with Crippen molar-refractivity contribution in [1.29, 1.82) is 0 Å². The second kappa shape index (κ2) is 7.73. The molecule has 2 aromatic rings. The second-order valence-electron chi connectivity index (χ2n) is 5.12. The molecule has 24 heavy (non-hydrogen) atoms. The van der Waals surface area contributed by atoms with Gasteiger partial charge in [0.2, 0.25) is 0 Å². The Morgan fingerprint density at radius 3 is 2.33 bits per heavy atom. The van der Waals surface area contributed by atoms with Gasteiger partial charge in [-0.25, -0.2) is 8.42 Å². The average Bonchev–Trinajstić information content (AvgIpc) is 2.49. The second-order valence-corrected chi connectivity index (χ2v) is 7.60. The van der Waals surface area contributed by atoms with E-state index < -0.39 is 10.0 Å². The first-order chi connectivity index (χ1) is 11.3. The summed E-state index contributed by atoms with van der Waals surface area (Å²) in [6, 6.07) is 9.25. The summed E-state index contributed by atoms with van der Waals surface area (Å²) in [6.45, 7) is 3.93. The SMILES string of the molecule is CC(C)NC(=S)Nc1ccc(S(=O)(=O)Nc2ccc(Cl)nn2)cc1. The van der Waals surface area contributed by atoms with Gasteiger partial charge in [-0.15, -0.1) is 10.2 Å². The van der Waals surface area contributed by atoms with Crippen molar-refractivity contribution in [2.75, 3.05) is 10.0 Å². The van der Waals surface area contributed by atoms with E-state index in [2.05, 4.69) is 25.6 Å². The van der Waals surface area contributed by atoms with Crippen molar-refractivity contribution in [3.8, 4) is 0 Å². The Hall–Kier alpha value is -1.97. The molecule has 0 aliphatic heterocycles. The zero-order valence-corrected chi connectivity index (χ0v) is 15.3. The summed E-state index contributed by atoms with van der Waals surface area (Å²) in [5.74, 6) is 0.0870. The van der Waals surface area contributed by atoms with Crippen LogP contribution < -0.4 is 15.4 Å². The van der Waals surface area contributed by atoms with E-state index >= 15 is 0 Å². The number of nitrogens with one attached hydrogen (secondary N) is 3. The molecule has 10 heteroatoms. The molecule has 0 radical (unpaired) electrons. The molecule has 1 aromatic heterocycles. The van der Waals surface area contributed by atoms with Crippen molar-refractivity contribution in [2.45, 2.75) is 24.8 Å². The van der Waals surface area contributed by atoms with Crippen molar-refractivity contribution in [3.05, 3.63) is 41.6 Å². The van der Waals surface area contributed by atoms with Gasteiger partial charge < -0.3 is 10.6 Å². The number of benzene rings is 1. The minimum absolute atomic E-state index is 0.0870. The molecule has 0 atom stereocenters. The van der Waals surface area contributed by atoms with E-state index in [1.54, 1.807) is 12.1 Å². The largest absolute Gasteiger partial charge is 0.360 e. The Labute approximate surface area is 150 Å². The number of nitrogens with zero attached hydrogens (tertiary/aromatic N) is 2. The van der Waals surface area contributed by atoms with Gasteiger partial charge in [-0.3, -0.25) is 4.72 Å². The summed E-state index contributed by atoms with van der Waals surface area (Å²) in [6.07, 6.45) is 0. The van der Waals surface area contributed by atoms with Crippen molar-refractivity contribution < 1.29 is 8.42 Å². The Balaban J connectivity index is 2.08. The molecule has 3 N–H and O–H groups in total. The van der Waals surface area contributed by atoms with Crippen molar-refractivity contribution in [3.63, 3.8) is 0 Å². The predicted octanol–water partition coefficient (Wildman–Crippen LogP) is 2.63. The molecule has 0 fully saturated rings. The van der Waals surface area contributed by atoms with E-state index in [0.717, 1.165) is 0 Å². The quantitative estimate of drug-likeness (QED) is 0.681. The van der Waals surface area contributed by atoms with Gasteiger partial charge in [0.05, 0.1) is 4.90 Å². The highest BCUT2D eigenvalue weighted by Gasteiger charge is 2.15. The van der Waals surface area contributed by atoms with Crippen LogP contribution in [0.5, 0.6) is 0 Å². The molecule has 0 saturated carbocycles. The van der Waals surface area contributed by atoms with Crippen molar-refractivity contribution >= 4 is 50.5 Å². The van der Waals surface area contributed by atoms with Crippen molar-refractivity contribution in [1.82, 2.24) is 15.5 Å². The number of anilines is 2. The molecule has 0 saturated heterocycles. The summed E-state index contributed by atoms with van der Waals surface area (Å²) < 4.78 is 26.9. The number of halogens is 1. The van der Waals surface area contributed by atoms with Gasteiger partial charge >= 0.3 is 0 Å². The topological polar surface area (TPSA) is 96.0 Å². The Bertz CT molecular complexity index is 808. The lowest BCUT2D eigenvalue weighted by Gasteiger charge is -2.13. The van der Waals surface area contributed by atoms with Crippen LogP contribution in [-0.2, 0) is 10.0 Å². The molecule has 7 nitrogen and oxygen atoms in total.